The normalized spacial score (nSPS) is 10.3. The molecule has 4 heteroatoms. The van der Waals surface area contributed by atoms with Gasteiger partial charge in [-0.1, -0.05) is 17.3 Å². The Morgan fingerprint density at radius 2 is 2.25 bits per heavy atom. The van der Waals surface area contributed by atoms with Crippen LogP contribution in [0.1, 0.15) is 5.82 Å². The molecule has 0 unspecified atom stereocenters. The van der Waals surface area contributed by atoms with E-state index in [1.165, 1.54) is 0 Å². The summed E-state index contributed by atoms with van der Waals surface area (Å²) in [7, 11) is 0. The topological polar surface area (TPSA) is 58.1 Å². The summed E-state index contributed by atoms with van der Waals surface area (Å²) < 4.78 is 0. The number of fused-ring (bicyclic) bond motifs is 1. The van der Waals surface area contributed by atoms with Gasteiger partial charge in [-0.3, -0.25) is 0 Å². The number of imidazole rings is 1. The van der Waals surface area contributed by atoms with Crippen molar-refractivity contribution in [3.8, 4) is 0 Å². The number of H-pyrrole nitrogens is 1. The summed E-state index contributed by atoms with van der Waals surface area (Å²) in [6, 6.07) is 7.62. The average molecular weight is 161 g/mol. The minimum Gasteiger partial charge on any atom is -0.340 e. The zero-order valence-electron chi connectivity index (χ0n) is 6.32. The van der Waals surface area contributed by atoms with Crippen LogP contribution in [-0.2, 0) is 6.54 Å². The molecule has 1 aromatic carbocycles. The molecule has 0 atom stereocenters. The van der Waals surface area contributed by atoms with Crippen LogP contribution in [0.25, 0.3) is 11.0 Å². The second kappa shape index (κ2) is 2.73. The van der Waals surface area contributed by atoms with Crippen LogP contribution in [0.15, 0.2) is 29.4 Å². The van der Waals surface area contributed by atoms with Crippen molar-refractivity contribution in [1.29, 1.82) is 0 Å². The number of benzene rings is 1. The number of para-hydroxylation sites is 2. The minimum atomic E-state index is 0.106. The summed E-state index contributed by atoms with van der Waals surface area (Å²) in [6.45, 7) is 0.106. The zero-order chi connectivity index (χ0) is 8.39. The molecule has 2 rings (SSSR count). The van der Waals surface area contributed by atoms with Gasteiger partial charge in [-0.05, 0) is 12.1 Å². The lowest BCUT2D eigenvalue weighted by Gasteiger charge is -1.81. The number of nitrogens with one attached hydrogen (secondary N) is 1. The van der Waals surface area contributed by atoms with Gasteiger partial charge in [0.2, 0.25) is 0 Å². The maximum Gasteiger partial charge on any atom is 0.139 e. The third-order valence-electron chi connectivity index (χ3n) is 1.65. The fraction of sp³-hybridized carbons (Fsp3) is 0.125. The van der Waals surface area contributed by atoms with Gasteiger partial charge < -0.3 is 4.98 Å². The van der Waals surface area contributed by atoms with Crippen molar-refractivity contribution in [2.45, 2.75) is 6.54 Å². The zero-order valence-corrected chi connectivity index (χ0v) is 6.32. The Morgan fingerprint density at radius 3 is 3.00 bits per heavy atom. The number of aromatic amines is 1. The lowest BCUT2D eigenvalue weighted by atomic mass is 10.3. The lowest BCUT2D eigenvalue weighted by Crippen LogP contribution is -1.81. The predicted octanol–water partition coefficient (Wildman–Crippen LogP) is 1.83. The van der Waals surface area contributed by atoms with Crippen molar-refractivity contribution in [2.75, 3.05) is 0 Å². The fourth-order valence-electron chi connectivity index (χ4n) is 1.14. The first kappa shape index (κ1) is 6.97. The molecular formula is C8H7N3O. The molecule has 0 aliphatic rings. The first-order valence-electron chi connectivity index (χ1n) is 3.63. The summed E-state index contributed by atoms with van der Waals surface area (Å²) in [5.74, 6) is 0.617. The number of aromatic nitrogens is 2. The number of nitrogens with zero attached hydrogens (tertiary/aromatic N) is 2. The van der Waals surface area contributed by atoms with E-state index in [0.717, 1.165) is 11.0 Å². The molecule has 0 aliphatic heterocycles. The van der Waals surface area contributed by atoms with Crippen LogP contribution in [0.2, 0.25) is 0 Å². The molecule has 1 N–H and O–H groups in total. The molecule has 4 nitrogen and oxygen atoms in total. The molecule has 1 heterocycles. The monoisotopic (exact) mass is 161 g/mol. The summed E-state index contributed by atoms with van der Waals surface area (Å²) >= 11 is 0. The maximum absolute atomic E-state index is 9.94. The summed E-state index contributed by atoms with van der Waals surface area (Å²) in [5.41, 5.74) is 1.81. The Morgan fingerprint density at radius 1 is 1.42 bits per heavy atom. The lowest BCUT2D eigenvalue weighted by molar-refractivity contribution is 0.950. The maximum atomic E-state index is 9.94. The summed E-state index contributed by atoms with van der Waals surface area (Å²) in [4.78, 5) is 17.1. The van der Waals surface area contributed by atoms with Gasteiger partial charge in [-0.2, -0.15) is 4.91 Å². The average Bonchev–Trinajstić information content (AvgIpc) is 2.47. The van der Waals surface area contributed by atoms with E-state index in [4.69, 9.17) is 0 Å². The molecule has 0 aliphatic carbocycles. The third-order valence-corrected chi connectivity index (χ3v) is 1.65. The van der Waals surface area contributed by atoms with Gasteiger partial charge in [0.1, 0.15) is 12.4 Å². The highest BCUT2D eigenvalue weighted by atomic mass is 16.3. The number of hydrogen-bond acceptors (Lipinski definition) is 3. The standard InChI is InChI=1S/C8H7N3O/c12-9-5-8-10-6-3-1-2-4-7(6)11-8/h1-4H,5H2,(H,10,11). The van der Waals surface area contributed by atoms with Crippen LogP contribution in [0.4, 0.5) is 0 Å². The van der Waals surface area contributed by atoms with E-state index in [2.05, 4.69) is 15.1 Å². The van der Waals surface area contributed by atoms with E-state index in [-0.39, 0.29) is 6.54 Å². The SMILES string of the molecule is O=NCc1nc2ccccc2[nH]1. The van der Waals surface area contributed by atoms with Gasteiger partial charge in [-0.25, -0.2) is 4.98 Å². The Bertz CT molecular complexity index is 374. The highest BCUT2D eigenvalue weighted by Crippen LogP contribution is 2.10. The second-order valence-corrected chi connectivity index (χ2v) is 2.49. The quantitative estimate of drug-likeness (QED) is 0.683. The largest absolute Gasteiger partial charge is 0.340 e. The molecule has 0 bridgehead atoms. The molecule has 60 valence electrons. The molecular weight excluding hydrogens is 154 g/mol. The molecule has 0 saturated heterocycles. The summed E-state index contributed by atoms with van der Waals surface area (Å²) in [6.07, 6.45) is 0. The molecule has 0 fully saturated rings. The molecule has 0 spiro atoms. The van der Waals surface area contributed by atoms with Crippen molar-refractivity contribution in [1.82, 2.24) is 9.97 Å². The Balaban J connectivity index is 2.54. The van der Waals surface area contributed by atoms with Crippen LogP contribution < -0.4 is 0 Å². The van der Waals surface area contributed by atoms with Gasteiger partial charge in [0.05, 0.1) is 11.0 Å². The molecule has 0 saturated carbocycles. The van der Waals surface area contributed by atoms with Crippen LogP contribution in [0.5, 0.6) is 0 Å². The van der Waals surface area contributed by atoms with Gasteiger partial charge in [-0.15, -0.1) is 0 Å². The first-order valence-corrected chi connectivity index (χ1v) is 3.63. The van der Waals surface area contributed by atoms with E-state index in [1.807, 2.05) is 24.3 Å². The number of rotatable bonds is 2. The molecule has 12 heavy (non-hydrogen) atoms. The Labute approximate surface area is 68.6 Å². The fourth-order valence-corrected chi connectivity index (χ4v) is 1.14. The van der Waals surface area contributed by atoms with Crippen LogP contribution in [0.3, 0.4) is 0 Å². The van der Waals surface area contributed by atoms with Crippen LogP contribution >= 0.6 is 0 Å². The van der Waals surface area contributed by atoms with Crippen molar-refractivity contribution < 1.29 is 0 Å². The van der Waals surface area contributed by atoms with Gasteiger partial charge in [0.15, 0.2) is 0 Å². The second-order valence-electron chi connectivity index (χ2n) is 2.49. The van der Waals surface area contributed by atoms with Gasteiger partial charge in [0.25, 0.3) is 0 Å². The molecule has 2 aromatic rings. The van der Waals surface area contributed by atoms with Crippen molar-refractivity contribution in [2.24, 2.45) is 5.18 Å². The smallest absolute Gasteiger partial charge is 0.139 e. The van der Waals surface area contributed by atoms with Gasteiger partial charge in [0, 0.05) is 0 Å². The van der Waals surface area contributed by atoms with Crippen molar-refractivity contribution in [3.05, 3.63) is 35.0 Å². The van der Waals surface area contributed by atoms with E-state index in [9.17, 15) is 4.91 Å². The number of nitroso groups, excluding NO2 is 1. The molecule has 0 radical (unpaired) electrons. The predicted molar refractivity (Wildman–Crippen MR) is 45.6 cm³/mol. The van der Waals surface area contributed by atoms with E-state index in [0.29, 0.717) is 5.82 Å². The highest BCUT2D eigenvalue weighted by Gasteiger charge is 1.99. The molecule has 0 amide bonds. The van der Waals surface area contributed by atoms with Crippen LogP contribution in [-0.4, -0.2) is 9.97 Å². The third kappa shape index (κ3) is 1.07. The van der Waals surface area contributed by atoms with E-state index in [1.54, 1.807) is 0 Å². The Kier molecular flexibility index (Phi) is 1.59. The highest BCUT2D eigenvalue weighted by molar-refractivity contribution is 5.74. The summed E-state index contributed by atoms with van der Waals surface area (Å²) in [5, 5.41) is 2.76. The minimum absolute atomic E-state index is 0.106. The molecule has 1 aromatic heterocycles. The van der Waals surface area contributed by atoms with E-state index < -0.39 is 0 Å². The van der Waals surface area contributed by atoms with Crippen molar-refractivity contribution >= 4 is 11.0 Å². The van der Waals surface area contributed by atoms with Crippen LogP contribution in [0, 0.1) is 4.91 Å². The Hall–Kier alpha value is -1.71. The number of hydrogen-bond donors (Lipinski definition) is 1. The van der Waals surface area contributed by atoms with Crippen molar-refractivity contribution in [3.63, 3.8) is 0 Å². The van der Waals surface area contributed by atoms with Gasteiger partial charge >= 0.3 is 0 Å². The van der Waals surface area contributed by atoms with E-state index >= 15 is 0 Å². The first-order chi connectivity index (χ1) is 5.90.